The third kappa shape index (κ3) is 5.71. The molecule has 1 rings (SSSR count). The van der Waals surface area contributed by atoms with E-state index in [4.69, 9.17) is 17.3 Å². The Morgan fingerprint density at radius 3 is 2.50 bits per heavy atom. The number of hydrogen-bond acceptors (Lipinski definition) is 4. The fourth-order valence-electron chi connectivity index (χ4n) is 1.60. The summed E-state index contributed by atoms with van der Waals surface area (Å²) in [5.74, 6) is -1.25. The lowest BCUT2D eigenvalue weighted by molar-refractivity contribution is -0.123. The van der Waals surface area contributed by atoms with Gasteiger partial charge in [-0.1, -0.05) is 11.6 Å². The summed E-state index contributed by atoms with van der Waals surface area (Å²) in [6.45, 7) is 3.21. The molecule has 0 aliphatic rings. The van der Waals surface area contributed by atoms with Gasteiger partial charge in [0, 0.05) is 11.1 Å². The molecule has 0 saturated carbocycles. The van der Waals surface area contributed by atoms with Gasteiger partial charge in [-0.15, -0.1) is 0 Å². The Hall–Kier alpha value is -2.12. The molecule has 1 aromatic carbocycles. The van der Waals surface area contributed by atoms with Crippen molar-refractivity contribution in [1.82, 2.24) is 10.6 Å². The van der Waals surface area contributed by atoms with Gasteiger partial charge in [-0.05, 0) is 32.0 Å². The standard InChI is InChI=1S/C14H19ClN4O3/c1-8(2)18-14(22)10-4-3-9(15)5-11(10)19-13(21)7-17-12(20)6-16/h3-5,8H,6-7,16H2,1-2H3,(H,17,20)(H,18,22)(H,19,21). The summed E-state index contributed by atoms with van der Waals surface area (Å²) in [6, 6.07) is 4.51. The average Bonchev–Trinajstić information content (AvgIpc) is 2.44. The van der Waals surface area contributed by atoms with Crippen molar-refractivity contribution >= 4 is 35.0 Å². The highest BCUT2D eigenvalue weighted by atomic mass is 35.5. The molecule has 0 aromatic heterocycles. The number of hydrogen-bond donors (Lipinski definition) is 4. The Labute approximate surface area is 133 Å². The number of nitrogens with one attached hydrogen (secondary N) is 3. The second-order valence-corrected chi connectivity index (χ2v) is 5.28. The van der Waals surface area contributed by atoms with Crippen LogP contribution in [0.25, 0.3) is 0 Å². The van der Waals surface area contributed by atoms with Gasteiger partial charge in [0.1, 0.15) is 0 Å². The van der Waals surface area contributed by atoms with Gasteiger partial charge >= 0.3 is 0 Å². The molecule has 0 heterocycles. The van der Waals surface area contributed by atoms with Crippen molar-refractivity contribution < 1.29 is 14.4 Å². The highest BCUT2D eigenvalue weighted by molar-refractivity contribution is 6.31. The van der Waals surface area contributed by atoms with Crippen LogP contribution in [0.3, 0.4) is 0 Å². The average molecular weight is 327 g/mol. The molecule has 22 heavy (non-hydrogen) atoms. The van der Waals surface area contributed by atoms with E-state index in [1.165, 1.54) is 12.1 Å². The zero-order valence-electron chi connectivity index (χ0n) is 12.4. The molecule has 7 nitrogen and oxygen atoms in total. The Morgan fingerprint density at radius 2 is 1.91 bits per heavy atom. The van der Waals surface area contributed by atoms with Crippen LogP contribution in [0.15, 0.2) is 18.2 Å². The summed E-state index contributed by atoms with van der Waals surface area (Å²) < 4.78 is 0. The molecule has 0 unspecified atom stereocenters. The monoisotopic (exact) mass is 326 g/mol. The van der Waals surface area contributed by atoms with Gasteiger partial charge in [0.25, 0.3) is 5.91 Å². The van der Waals surface area contributed by atoms with Crippen LogP contribution in [0, 0.1) is 0 Å². The maximum absolute atomic E-state index is 12.1. The first-order chi connectivity index (χ1) is 10.3. The molecule has 0 atom stereocenters. The molecule has 0 aliphatic heterocycles. The van der Waals surface area contributed by atoms with E-state index < -0.39 is 11.8 Å². The van der Waals surface area contributed by atoms with E-state index in [0.29, 0.717) is 5.02 Å². The number of carbonyl (C=O) groups excluding carboxylic acids is 3. The van der Waals surface area contributed by atoms with Crippen LogP contribution in [0.5, 0.6) is 0 Å². The molecular weight excluding hydrogens is 308 g/mol. The Kier molecular flexibility index (Phi) is 6.81. The predicted molar refractivity (Wildman–Crippen MR) is 84.7 cm³/mol. The van der Waals surface area contributed by atoms with Gasteiger partial charge in [0.15, 0.2) is 0 Å². The van der Waals surface area contributed by atoms with Gasteiger partial charge in [-0.2, -0.15) is 0 Å². The van der Waals surface area contributed by atoms with Crippen molar-refractivity contribution in [2.45, 2.75) is 19.9 Å². The summed E-state index contributed by atoms with van der Waals surface area (Å²) >= 11 is 5.89. The SMILES string of the molecule is CC(C)NC(=O)c1ccc(Cl)cc1NC(=O)CNC(=O)CN. The first-order valence-corrected chi connectivity index (χ1v) is 7.08. The zero-order chi connectivity index (χ0) is 16.7. The van der Waals surface area contributed by atoms with Crippen molar-refractivity contribution in [2.75, 3.05) is 18.4 Å². The minimum atomic E-state index is -0.484. The topological polar surface area (TPSA) is 113 Å². The Morgan fingerprint density at radius 1 is 1.23 bits per heavy atom. The number of anilines is 1. The highest BCUT2D eigenvalue weighted by Crippen LogP contribution is 2.21. The van der Waals surface area contributed by atoms with Crippen molar-refractivity contribution in [3.05, 3.63) is 28.8 Å². The van der Waals surface area contributed by atoms with E-state index in [1.54, 1.807) is 6.07 Å². The number of amides is 3. The molecular formula is C14H19ClN4O3. The fourth-order valence-corrected chi connectivity index (χ4v) is 1.78. The van der Waals surface area contributed by atoms with E-state index in [0.717, 1.165) is 0 Å². The minimum Gasteiger partial charge on any atom is -0.350 e. The molecule has 0 fully saturated rings. The summed E-state index contributed by atoms with van der Waals surface area (Å²) in [4.78, 5) is 34.9. The number of carbonyl (C=O) groups is 3. The Bertz CT molecular complexity index is 575. The molecule has 5 N–H and O–H groups in total. The summed E-state index contributed by atoms with van der Waals surface area (Å²) in [5.41, 5.74) is 5.69. The largest absolute Gasteiger partial charge is 0.350 e. The molecule has 0 radical (unpaired) electrons. The molecule has 0 saturated heterocycles. The number of nitrogens with two attached hydrogens (primary N) is 1. The molecule has 8 heteroatoms. The van der Waals surface area contributed by atoms with E-state index in [2.05, 4.69) is 16.0 Å². The number of rotatable bonds is 6. The molecule has 0 spiro atoms. The zero-order valence-corrected chi connectivity index (χ0v) is 13.2. The van der Waals surface area contributed by atoms with Crippen LogP contribution in [0.2, 0.25) is 5.02 Å². The Balaban J connectivity index is 2.84. The summed E-state index contributed by atoms with van der Waals surface area (Å²) in [6.07, 6.45) is 0. The lowest BCUT2D eigenvalue weighted by Gasteiger charge is -2.14. The molecule has 1 aromatic rings. The van der Waals surface area contributed by atoms with Gasteiger partial charge in [-0.25, -0.2) is 0 Å². The van der Waals surface area contributed by atoms with Gasteiger partial charge in [0.2, 0.25) is 11.8 Å². The summed E-state index contributed by atoms with van der Waals surface area (Å²) in [7, 11) is 0. The van der Waals surface area contributed by atoms with E-state index >= 15 is 0 Å². The summed E-state index contributed by atoms with van der Waals surface area (Å²) in [5, 5.41) is 7.99. The molecule has 120 valence electrons. The van der Waals surface area contributed by atoms with Crippen LogP contribution in [-0.2, 0) is 9.59 Å². The quantitative estimate of drug-likeness (QED) is 0.609. The lowest BCUT2D eigenvalue weighted by Crippen LogP contribution is -2.37. The fraction of sp³-hybridized carbons (Fsp3) is 0.357. The highest BCUT2D eigenvalue weighted by Gasteiger charge is 2.15. The van der Waals surface area contributed by atoms with E-state index in [-0.39, 0.29) is 36.3 Å². The van der Waals surface area contributed by atoms with E-state index in [9.17, 15) is 14.4 Å². The van der Waals surface area contributed by atoms with Crippen LogP contribution in [0.4, 0.5) is 5.69 Å². The van der Waals surface area contributed by atoms with Crippen LogP contribution in [0.1, 0.15) is 24.2 Å². The third-order valence-electron chi connectivity index (χ3n) is 2.55. The van der Waals surface area contributed by atoms with Crippen molar-refractivity contribution in [2.24, 2.45) is 5.73 Å². The molecule has 3 amide bonds. The second kappa shape index (κ2) is 8.35. The first-order valence-electron chi connectivity index (χ1n) is 6.70. The van der Waals surface area contributed by atoms with Gasteiger partial charge in [0.05, 0.1) is 24.3 Å². The van der Waals surface area contributed by atoms with Gasteiger partial charge < -0.3 is 21.7 Å². The maximum Gasteiger partial charge on any atom is 0.253 e. The smallest absolute Gasteiger partial charge is 0.253 e. The third-order valence-corrected chi connectivity index (χ3v) is 2.79. The lowest BCUT2D eigenvalue weighted by atomic mass is 10.1. The minimum absolute atomic E-state index is 0.0458. The number of benzene rings is 1. The number of halogens is 1. The predicted octanol–water partition coefficient (Wildman–Crippen LogP) is 0.492. The van der Waals surface area contributed by atoms with E-state index in [1.807, 2.05) is 13.8 Å². The maximum atomic E-state index is 12.1. The van der Waals surface area contributed by atoms with Crippen molar-refractivity contribution in [3.63, 3.8) is 0 Å². The van der Waals surface area contributed by atoms with Crippen LogP contribution in [-0.4, -0.2) is 36.9 Å². The molecule has 0 bridgehead atoms. The van der Waals surface area contributed by atoms with Crippen LogP contribution < -0.4 is 21.7 Å². The van der Waals surface area contributed by atoms with Crippen molar-refractivity contribution in [1.29, 1.82) is 0 Å². The van der Waals surface area contributed by atoms with Gasteiger partial charge in [-0.3, -0.25) is 14.4 Å². The molecule has 0 aliphatic carbocycles. The second-order valence-electron chi connectivity index (χ2n) is 4.85. The van der Waals surface area contributed by atoms with Crippen molar-refractivity contribution in [3.8, 4) is 0 Å². The first kappa shape index (κ1) is 17.9. The normalized spacial score (nSPS) is 10.2. The van der Waals surface area contributed by atoms with Crippen LogP contribution >= 0.6 is 11.6 Å².